The summed E-state index contributed by atoms with van der Waals surface area (Å²) >= 11 is 0. The van der Waals surface area contributed by atoms with Gasteiger partial charge in [0.2, 0.25) is 0 Å². The molecule has 4 heteroatoms. The number of rotatable bonds is 1. The van der Waals surface area contributed by atoms with Gasteiger partial charge >= 0.3 is 0 Å². The maximum absolute atomic E-state index is 11.7. The molecule has 2 aliphatic rings. The zero-order chi connectivity index (χ0) is 9.53. The van der Waals surface area contributed by atoms with Crippen LogP contribution in [0.2, 0.25) is 0 Å². The van der Waals surface area contributed by atoms with Crippen molar-refractivity contribution in [1.29, 1.82) is 0 Å². The molecule has 1 heterocycles. The minimum absolute atomic E-state index is 0.234. The fourth-order valence-corrected chi connectivity index (χ4v) is 5.12. The third-order valence-electron chi connectivity index (χ3n) is 3.50. The van der Waals surface area contributed by atoms with Crippen LogP contribution in [0.1, 0.15) is 38.5 Å². The maximum atomic E-state index is 11.7. The van der Waals surface area contributed by atoms with E-state index < -0.39 is 9.84 Å². The van der Waals surface area contributed by atoms with Crippen molar-refractivity contribution < 1.29 is 8.42 Å². The van der Waals surface area contributed by atoms with Crippen LogP contribution in [0, 0.1) is 0 Å². The molecule has 2 fully saturated rings. The van der Waals surface area contributed by atoms with Crippen molar-refractivity contribution >= 4 is 9.84 Å². The summed E-state index contributed by atoms with van der Waals surface area (Å²) in [6.45, 7) is 0. The van der Waals surface area contributed by atoms with Gasteiger partial charge in [-0.1, -0.05) is 12.8 Å². The Balaban J connectivity index is 2.25. The normalized spacial score (nSPS) is 36.5. The summed E-state index contributed by atoms with van der Waals surface area (Å²) in [7, 11) is -2.85. The Morgan fingerprint density at radius 1 is 1.15 bits per heavy atom. The smallest absolute Gasteiger partial charge is 0.154 e. The van der Waals surface area contributed by atoms with Crippen molar-refractivity contribution in [3.8, 4) is 0 Å². The van der Waals surface area contributed by atoms with E-state index in [9.17, 15) is 8.42 Å². The summed E-state index contributed by atoms with van der Waals surface area (Å²) < 4.78 is 23.3. The van der Waals surface area contributed by atoms with E-state index in [4.69, 9.17) is 5.73 Å². The lowest BCUT2D eigenvalue weighted by Gasteiger charge is -2.29. The zero-order valence-electron chi connectivity index (χ0n) is 7.83. The van der Waals surface area contributed by atoms with Crippen LogP contribution < -0.4 is 5.73 Å². The highest BCUT2D eigenvalue weighted by atomic mass is 32.2. The van der Waals surface area contributed by atoms with E-state index in [2.05, 4.69) is 0 Å². The Morgan fingerprint density at radius 2 is 1.77 bits per heavy atom. The first-order valence-corrected chi connectivity index (χ1v) is 6.77. The van der Waals surface area contributed by atoms with Crippen LogP contribution in [0.15, 0.2) is 0 Å². The van der Waals surface area contributed by atoms with Gasteiger partial charge in [0, 0.05) is 5.54 Å². The monoisotopic (exact) mass is 203 g/mol. The highest BCUT2D eigenvalue weighted by molar-refractivity contribution is 7.92. The van der Waals surface area contributed by atoms with Gasteiger partial charge in [-0.2, -0.15) is 0 Å². The highest BCUT2D eigenvalue weighted by Gasteiger charge is 2.47. The second-order valence-electron chi connectivity index (χ2n) is 4.44. The molecule has 3 nitrogen and oxygen atoms in total. The van der Waals surface area contributed by atoms with E-state index in [-0.39, 0.29) is 10.8 Å². The summed E-state index contributed by atoms with van der Waals surface area (Å²) in [5.41, 5.74) is 5.78. The summed E-state index contributed by atoms with van der Waals surface area (Å²) in [5.74, 6) is 0.358. The van der Waals surface area contributed by atoms with Gasteiger partial charge in [0.1, 0.15) is 0 Å². The van der Waals surface area contributed by atoms with Crippen LogP contribution >= 0.6 is 0 Å². The van der Waals surface area contributed by atoms with Crippen molar-refractivity contribution in [1.82, 2.24) is 0 Å². The molecule has 0 radical (unpaired) electrons. The molecule has 0 aromatic heterocycles. The van der Waals surface area contributed by atoms with Gasteiger partial charge in [0.25, 0.3) is 0 Å². The SMILES string of the molecule is NC1(C2CCCS2(=O)=O)CCCC1. The van der Waals surface area contributed by atoms with E-state index in [0.29, 0.717) is 5.75 Å². The molecular formula is C9H17NO2S. The number of hydrogen-bond donors (Lipinski definition) is 1. The standard InChI is InChI=1S/C9H17NO2S/c10-9(5-1-2-6-9)8-4-3-7-13(8,11)12/h8H,1-7,10H2. The molecule has 1 aliphatic carbocycles. The van der Waals surface area contributed by atoms with Crippen LogP contribution in [0.3, 0.4) is 0 Å². The van der Waals surface area contributed by atoms with Crippen molar-refractivity contribution in [2.45, 2.75) is 49.3 Å². The van der Waals surface area contributed by atoms with Crippen LogP contribution in [0.25, 0.3) is 0 Å². The predicted molar refractivity (Wildman–Crippen MR) is 52.2 cm³/mol. The molecule has 0 bridgehead atoms. The van der Waals surface area contributed by atoms with Crippen LogP contribution in [-0.4, -0.2) is 25.0 Å². The Labute approximate surface area is 79.6 Å². The maximum Gasteiger partial charge on any atom is 0.154 e. The summed E-state index contributed by atoms with van der Waals surface area (Å²) in [5, 5.41) is -0.234. The first-order chi connectivity index (χ1) is 6.05. The topological polar surface area (TPSA) is 60.2 Å². The summed E-state index contributed by atoms with van der Waals surface area (Å²) in [6.07, 6.45) is 5.60. The van der Waals surface area contributed by atoms with E-state index in [0.717, 1.165) is 38.5 Å². The third-order valence-corrected chi connectivity index (χ3v) is 5.93. The molecule has 0 amide bonds. The van der Waals surface area contributed by atoms with Crippen LogP contribution in [-0.2, 0) is 9.84 Å². The van der Waals surface area contributed by atoms with Gasteiger partial charge in [-0.25, -0.2) is 8.42 Å². The fraction of sp³-hybridized carbons (Fsp3) is 1.00. The molecule has 13 heavy (non-hydrogen) atoms. The molecule has 1 unspecified atom stereocenters. The predicted octanol–water partition coefficient (Wildman–Crippen LogP) is 0.835. The van der Waals surface area contributed by atoms with Crippen molar-refractivity contribution in [3.05, 3.63) is 0 Å². The van der Waals surface area contributed by atoms with Crippen molar-refractivity contribution in [2.75, 3.05) is 5.75 Å². The van der Waals surface area contributed by atoms with Gasteiger partial charge in [-0.15, -0.1) is 0 Å². The molecule has 0 spiro atoms. The van der Waals surface area contributed by atoms with Gasteiger partial charge in [-0.3, -0.25) is 0 Å². The molecule has 76 valence electrons. The van der Waals surface area contributed by atoms with Gasteiger partial charge < -0.3 is 5.73 Å². The number of hydrogen-bond acceptors (Lipinski definition) is 3. The van der Waals surface area contributed by atoms with Gasteiger partial charge in [0.05, 0.1) is 11.0 Å². The minimum Gasteiger partial charge on any atom is -0.324 e. The average molecular weight is 203 g/mol. The van der Waals surface area contributed by atoms with E-state index in [1.807, 2.05) is 0 Å². The summed E-state index contributed by atoms with van der Waals surface area (Å²) in [4.78, 5) is 0. The molecular weight excluding hydrogens is 186 g/mol. The van der Waals surface area contributed by atoms with Crippen LogP contribution in [0.4, 0.5) is 0 Å². The lowest BCUT2D eigenvalue weighted by Crippen LogP contribution is -2.50. The summed E-state index contributed by atoms with van der Waals surface area (Å²) in [6, 6.07) is 0. The van der Waals surface area contributed by atoms with E-state index in [1.54, 1.807) is 0 Å². The molecule has 1 atom stereocenters. The van der Waals surface area contributed by atoms with E-state index in [1.165, 1.54) is 0 Å². The Morgan fingerprint density at radius 3 is 2.23 bits per heavy atom. The number of nitrogens with two attached hydrogens (primary N) is 1. The zero-order valence-corrected chi connectivity index (χ0v) is 8.65. The minimum atomic E-state index is -2.85. The molecule has 1 saturated carbocycles. The Bertz CT molecular complexity index is 291. The largest absolute Gasteiger partial charge is 0.324 e. The molecule has 0 aromatic carbocycles. The second kappa shape index (κ2) is 2.95. The van der Waals surface area contributed by atoms with Gasteiger partial charge in [0.15, 0.2) is 9.84 Å². The lowest BCUT2D eigenvalue weighted by molar-refractivity contribution is 0.400. The third kappa shape index (κ3) is 1.50. The fourth-order valence-electron chi connectivity index (χ4n) is 2.79. The van der Waals surface area contributed by atoms with Crippen molar-refractivity contribution in [3.63, 3.8) is 0 Å². The molecule has 2 N–H and O–H groups in total. The molecule has 1 aliphatic heterocycles. The first kappa shape index (κ1) is 9.46. The lowest BCUT2D eigenvalue weighted by atomic mass is 9.92. The molecule has 1 saturated heterocycles. The average Bonchev–Trinajstić information content (AvgIpc) is 2.57. The quantitative estimate of drug-likeness (QED) is 0.687. The first-order valence-electron chi connectivity index (χ1n) is 5.05. The van der Waals surface area contributed by atoms with Crippen LogP contribution in [0.5, 0.6) is 0 Å². The highest BCUT2D eigenvalue weighted by Crippen LogP contribution is 2.38. The Kier molecular flexibility index (Phi) is 2.15. The van der Waals surface area contributed by atoms with Gasteiger partial charge in [-0.05, 0) is 25.7 Å². The molecule has 2 rings (SSSR count). The number of sulfone groups is 1. The van der Waals surface area contributed by atoms with E-state index >= 15 is 0 Å². The van der Waals surface area contributed by atoms with Crippen molar-refractivity contribution in [2.24, 2.45) is 5.73 Å². The molecule has 0 aromatic rings. The second-order valence-corrected chi connectivity index (χ2v) is 6.74. The Hall–Kier alpha value is -0.0900.